The molecule has 86 valence electrons. The van der Waals surface area contributed by atoms with E-state index in [1.54, 1.807) is 31.2 Å². The molecule has 0 aliphatic carbocycles. The first kappa shape index (κ1) is 11.1. The van der Waals surface area contributed by atoms with Crippen molar-refractivity contribution in [1.82, 2.24) is 0 Å². The summed E-state index contributed by atoms with van der Waals surface area (Å²) in [6, 6.07) is 6.86. The molecule has 2 rings (SSSR count). The van der Waals surface area contributed by atoms with Crippen molar-refractivity contribution in [3.05, 3.63) is 51.9 Å². The highest BCUT2D eigenvalue weighted by Gasteiger charge is 2.08. The molecule has 0 spiro atoms. The van der Waals surface area contributed by atoms with E-state index >= 15 is 0 Å². The van der Waals surface area contributed by atoms with E-state index in [0.717, 1.165) is 6.08 Å². The molecule has 0 bridgehead atoms. The summed E-state index contributed by atoms with van der Waals surface area (Å²) in [5.74, 6) is -0.692. The minimum absolute atomic E-state index is 0.221. The lowest BCUT2D eigenvalue weighted by atomic mass is 10.1. The summed E-state index contributed by atoms with van der Waals surface area (Å²) in [6.45, 7) is 1.63. The lowest BCUT2D eigenvalue weighted by molar-refractivity contribution is -0.131. The zero-order valence-electron chi connectivity index (χ0n) is 9.14. The van der Waals surface area contributed by atoms with Crippen molar-refractivity contribution in [2.75, 3.05) is 0 Å². The number of aryl methyl sites for hydroxylation is 1. The first-order valence-electron chi connectivity index (χ1n) is 5.03. The quantitative estimate of drug-likeness (QED) is 0.803. The minimum Gasteiger partial charge on any atom is -0.478 e. The molecule has 0 saturated carbocycles. The van der Waals surface area contributed by atoms with Crippen LogP contribution in [0.5, 0.6) is 0 Å². The fraction of sp³-hybridized carbons (Fsp3) is 0.0769. The normalized spacial score (nSPS) is 11.1. The molecule has 0 saturated heterocycles. The summed E-state index contributed by atoms with van der Waals surface area (Å²) >= 11 is 0. The number of carbonyl (C=O) groups is 1. The Morgan fingerprint density at radius 2 is 2.06 bits per heavy atom. The Hall–Kier alpha value is -2.36. The van der Waals surface area contributed by atoms with E-state index in [1.165, 1.54) is 6.08 Å². The first-order chi connectivity index (χ1) is 8.09. The molecule has 17 heavy (non-hydrogen) atoms. The van der Waals surface area contributed by atoms with Gasteiger partial charge in [0.05, 0.1) is 10.9 Å². The Bertz CT molecular complexity index is 665. The van der Waals surface area contributed by atoms with Crippen LogP contribution in [-0.4, -0.2) is 11.1 Å². The average molecular weight is 230 g/mol. The van der Waals surface area contributed by atoms with Crippen LogP contribution in [0, 0.1) is 6.92 Å². The van der Waals surface area contributed by atoms with E-state index < -0.39 is 5.97 Å². The average Bonchev–Trinajstić information content (AvgIpc) is 2.28. The molecular weight excluding hydrogens is 220 g/mol. The lowest BCUT2D eigenvalue weighted by Gasteiger charge is -2.02. The number of hydrogen-bond donors (Lipinski definition) is 1. The lowest BCUT2D eigenvalue weighted by Crippen LogP contribution is -2.07. The van der Waals surface area contributed by atoms with Crippen LogP contribution in [0.15, 0.2) is 39.6 Å². The molecule has 1 heterocycles. The van der Waals surface area contributed by atoms with Crippen LogP contribution in [0.1, 0.15) is 11.3 Å². The van der Waals surface area contributed by atoms with E-state index in [9.17, 15) is 9.59 Å². The molecule has 0 unspecified atom stereocenters. The summed E-state index contributed by atoms with van der Waals surface area (Å²) in [5, 5.41) is 9.00. The molecule has 4 nitrogen and oxygen atoms in total. The topological polar surface area (TPSA) is 67.5 Å². The van der Waals surface area contributed by atoms with Crippen molar-refractivity contribution in [2.24, 2.45) is 0 Å². The van der Waals surface area contributed by atoms with Gasteiger partial charge >= 0.3 is 5.97 Å². The summed E-state index contributed by atoms with van der Waals surface area (Å²) in [7, 11) is 0. The van der Waals surface area contributed by atoms with Crippen LogP contribution in [0.25, 0.3) is 17.0 Å². The van der Waals surface area contributed by atoms with Crippen molar-refractivity contribution < 1.29 is 14.3 Å². The number of para-hydroxylation sites is 1. The van der Waals surface area contributed by atoms with Gasteiger partial charge in [0, 0.05) is 6.08 Å². The predicted molar refractivity (Wildman–Crippen MR) is 63.9 cm³/mol. The van der Waals surface area contributed by atoms with Gasteiger partial charge in [0.2, 0.25) is 0 Å². The smallest absolute Gasteiger partial charge is 0.328 e. The van der Waals surface area contributed by atoms with Crippen molar-refractivity contribution in [1.29, 1.82) is 0 Å². The van der Waals surface area contributed by atoms with Gasteiger partial charge in [-0.05, 0) is 25.1 Å². The monoisotopic (exact) mass is 230 g/mol. The van der Waals surface area contributed by atoms with Gasteiger partial charge in [0.15, 0.2) is 5.43 Å². The maximum Gasteiger partial charge on any atom is 0.328 e. The van der Waals surface area contributed by atoms with Crippen molar-refractivity contribution >= 4 is 23.0 Å². The Balaban J connectivity index is 2.72. The molecular formula is C13H10O4. The highest BCUT2D eigenvalue weighted by molar-refractivity contribution is 5.87. The van der Waals surface area contributed by atoms with Crippen LogP contribution < -0.4 is 5.43 Å². The van der Waals surface area contributed by atoms with Gasteiger partial charge in [0.1, 0.15) is 11.3 Å². The third-order valence-electron chi connectivity index (χ3n) is 2.41. The van der Waals surface area contributed by atoms with Gasteiger partial charge < -0.3 is 9.52 Å². The molecule has 1 aromatic carbocycles. The molecule has 1 N–H and O–H groups in total. The molecule has 0 atom stereocenters. The van der Waals surface area contributed by atoms with E-state index in [2.05, 4.69) is 0 Å². The summed E-state index contributed by atoms with van der Waals surface area (Å²) in [6.07, 6.45) is 2.18. The van der Waals surface area contributed by atoms with Crippen molar-refractivity contribution in [3.63, 3.8) is 0 Å². The van der Waals surface area contributed by atoms with E-state index in [4.69, 9.17) is 9.52 Å². The van der Waals surface area contributed by atoms with Gasteiger partial charge in [-0.15, -0.1) is 0 Å². The maximum atomic E-state index is 12.1. The van der Waals surface area contributed by atoms with Crippen LogP contribution in [-0.2, 0) is 4.79 Å². The molecule has 0 aliphatic heterocycles. The number of aliphatic carboxylic acids is 1. The van der Waals surface area contributed by atoms with Crippen molar-refractivity contribution in [3.8, 4) is 0 Å². The van der Waals surface area contributed by atoms with Gasteiger partial charge in [-0.2, -0.15) is 0 Å². The molecule has 0 amide bonds. The van der Waals surface area contributed by atoms with Gasteiger partial charge in [0.25, 0.3) is 0 Å². The number of carboxylic acid groups (broad SMARTS) is 1. The van der Waals surface area contributed by atoms with Crippen molar-refractivity contribution in [2.45, 2.75) is 6.92 Å². The fourth-order valence-electron chi connectivity index (χ4n) is 1.62. The first-order valence-corrected chi connectivity index (χ1v) is 5.03. The molecule has 4 heteroatoms. The number of rotatable bonds is 2. The Labute approximate surface area is 96.8 Å². The molecule has 2 aromatic rings. The summed E-state index contributed by atoms with van der Waals surface area (Å²) < 4.78 is 5.46. The standard InChI is InChI=1S/C13H10O4/c1-8-9(6-7-12(14)15)13(16)10-4-2-3-5-11(10)17-8/h2-7H,1H3,(H,14,15)/b7-6+. The summed E-state index contributed by atoms with van der Waals surface area (Å²) in [5.41, 5.74) is 0.551. The highest BCUT2D eigenvalue weighted by Crippen LogP contribution is 2.15. The fourth-order valence-corrected chi connectivity index (χ4v) is 1.62. The molecule has 1 aromatic heterocycles. The Kier molecular flexibility index (Phi) is 2.78. The largest absolute Gasteiger partial charge is 0.478 e. The predicted octanol–water partition coefficient (Wildman–Crippen LogP) is 2.20. The number of fused-ring (bicyclic) bond motifs is 1. The van der Waals surface area contributed by atoms with Gasteiger partial charge in [-0.1, -0.05) is 12.1 Å². The minimum atomic E-state index is -1.10. The Morgan fingerprint density at radius 3 is 2.76 bits per heavy atom. The van der Waals surface area contributed by atoms with Gasteiger partial charge in [-0.3, -0.25) is 4.79 Å². The zero-order chi connectivity index (χ0) is 12.4. The van der Waals surface area contributed by atoms with E-state index in [-0.39, 0.29) is 11.0 Å². The Morgan fingerprint density at radius 1 is 1.35 bits per heavy atom. The zero-order valence-corrected chi connectivity index (χ0v) is 9.14. The molecule has 0 fully saturated rings. The van der Waals surface area contributed by atoms with Crippen LogP contribution in [0.3, 0.4) is 0 Å². The molecule has 0 aliphatic rings. The number of carboxylic acids is 1. The third kappa shape index (κ3) is 2.10. The second kappa shape index (κ2) is 4.25. The molecule has 0 radical (unpaired) electrons. The van der Waals surface area contributed by atoms with Crippen LogP contribution >= 0.6 is 0 Å². The third-order valence-corrected chi connectivity index (χ3v) is 2.41. The van der Waals surface area contributed by atoms with E-state index in [1.807, 2.05) is 0 Å². The number of benzene rings is 1. The summed E-state index contributed by atoms with van der Waals surface area (Å²) in [4.78, 5) is 22.5. The van der Waals surface area contributed by atoms with Gasteiger partial charge in [-0.25, -0.2) is 4.79 Å². The number of hydrogen-bond acceptors (Lipinski definition) is 3. The second-order valence-corrected chi connectivity index (χ2v) is 3.57. The van der Waals surface area contributed by atoms with E-state index in [0.29, 0.717) is 16.7 Å². The SMILES string of the molecule is Cc1oc2ccccc2c(=O)c1/C=C/C(=O)O. The maximum absolute atomic E-state index is 12.1. The second-order valence-electron chi connectivity index (χ2n) is 3.57. The van der Waals surface area contributed by atoms with Crippen LogP contribution in [0.4, 0.5) is 0 Å². The van der Waals surface area contributed by atoms with Crippen LogP contribution in [0.2, 0.25) is 0 Å². The highest BCUT2D eigenvalue weighted by atomic mass is 16.4.